The molecule has 2 N–H and O–H groups in total. The average molecular weight is 197 g/mol. The lowest BCUT2D eigenvalue weighted by Crippen LogP contribution is -2.16. The third-order valence-corrected chi connectivity index (χ3v) is 1.91. The van der Waals surface area contributed by atoms with Crippen molar-refractivity contribution in [2.45, 2.75) is 12.5 Å². The van der Waals surface area contributed by atoms with Gasteiger partial charge in [-0.25, -0.2) is 4.39 Å². The van der Waals surface area contributed by atoms with Gasteiger partial charge in [-0.1, -0.05) is 12.1 Å². The summed E-state index contributed by atoms with van der Waals surface area (Å²) in [7, 11) is 1.31. The zero-order valence-electron chi connectivity index (χ0n) is 7.87. The summed E-state index contributed by atoms with van der Waals surface area (Å²) >= 11 is 0. The van der Waals surface area contributed by atoms with Gasteiger partial charge in [0.2, 0.25) is 0 Å². The number of ether oxygens (including phenoxy) is 1. The lowest BCUT2D eigenvalue weighted by atomic mass is 10.1. The van der Waals surface area contributed by atoms with Gasteiger partial charge in [0.05, 0.1) is 13.5 Å². The molecule has 1 aromatic rings. The second-order valence-electron chi connectivity index (χ2n) is 2.94. The zero-order chi connectivity index (χ0) is 10.6. The molecule has 0 spiro atoms. The molecule has 76 valence electrons. The molecule has 0 fully saturated rings. The van der Waals surface area contributed by atoms with Crippen molar-refractivity contribution in [3.05, 3.63) is 35.6 Å². The molecule has 0 heterocycles. The van der Waals surface area contributed by atoms with Gasteiger partial charge in [-0.05, 0) is 17.7 Å². The summed E-state index contributed by atoms with van der Waals surface area (Å²) in [6.45, 7) is 0. The average Bonchev–Trinajstić information content (AvgIpc) is 2.18. The van der Waals surface area contributed by atoms with E-state index in [1.54, 1.807) is 12.1 Å². The van der Waals surface area contributed by atoms with Crippen molar-refractivity contribution in [2.75, 3.05) is 7.11 Å². The van der Waals surface area contributed by atoms with E-state index in [2.05, 4.69) is 4.74 Å². The number of rotatable bonds is 3. The van der Waals surface area contributed by atoms with Gasteiger partial charge in [0.25, 0.3) is 0 Å². The lowest BCUT2D eigenvalue weighted by Gasteiger charge is -2.09. The molecule has 1 rings (SSSR count). The number of carbonyl (C=O) groups excluding carboxylic acids is 1. The molecule has 4 heteroatoms. The predicted molar refractivity (Wildman–Crippen MR) is 50.0 cm³/mol. The van der Waals surface area contributed by atoms with Crippen LogP contribution >= 0.6 is 0 Å². The van der Waals surface area contributed by atoms with Gasteiger partial charge in [-0.2, -0.15) is 0 Å². The topological polar surface area (TPSA) is 52.3 Å². The summed E-state index contributed by atoms with van der Waals surface area (Å²) in [6.07, 6.45) is 0.0993. The summed E-state index contributed by atoms with van der Waals surface area (Å²) in [4.78, 5) is 10.9. The summed E-state index contributed by atoms with van der Waals surface area (Å²) in [5.41, 5.74) is 6.42. The third kappa shape index (κ3) is 2.81. The Bertz CT molecular complexity index is 310. The smallest absolute Gasteiger partial charge is 0.307 e. The molecule has 0 aliphatic carbocycles. The van der Waals surface area contributed by atoms with Gasteiger partial charge in [-0.15, -0.1) is 0 Å². The van der Waals surface area contributed by atoms with Crippen LogP contribution in [0, 0.1) is 5.82 Å². The van der Waals surface area contributed by atoms with Gasteiger partial charge in [0.15, 0.2) is 0 Å². The van der Waals surface area contributed by atoms with E-state index >= 15 is 0 Å². The van der Waals surface area contributed by atoms with Crippen LogP contribution in [0.1, 0.15) is 18.0 Å². The Morgan fingerprint density at radius 1 is 1.50 bits per heavy atom. The molecular formula is C10H12FNO2. The Hall–Kier alpha value is -1.42. The van der Waals surface area contributed by atoms with Crippen LogP contribution in [-0.4, -0.2) is 13.1 Å². The number of hydrogen-bond acceptors (Lipinski definition) is 3. The van der Waals surface area contributed by atoms with E-state index < -0.39 is 6.04 Å². The second-order valence-corrected chi connectivity index (χ2v) is 2.94. The molecule has 0 bridgehead atoms. The summed E-state index contributed by atoms with van der Waals surface area (Å²) in [6, 6.07) is 5.30. The first-order chi connectivity index (χ1) is 6.63. The molecular weight excluding hydrogens is 185 g/mol. The summed E-state index contributed by atoms with van der Waals surface area (Å²) in [5, 5.41) is 0. The molecule has 0 aromatic heterocycles. The SMILES string of the molecule is COC(=O)CC(N)c1ccc(F)cc1. The Balaban J connectivity index is 2.65. The highest BCUT2D eigenvalue weighted by Crippen LogP contribution is 2.14. The van der Waals surface area contributed by atoms with Crippen molar-refractivity contribution in [1.29, 1.82) is 0 Å². The monoisotopic (exact) mass is 197 g/mol. The lowest BCUT2D eigenvalue weighted by molar-refractivity contribution is -0.141. The van der Waals surface area contributed by atoms with Crippen LogP contribution in [0.2, 0.25) is 0 Å². The van der Waals surface area contributed by atoms with Gasteiger partial charge in [0, 0.05) is 6.04 Å². The van der Waals surface area contributed by atoms with Crippen LogP contribution in [0.4, 0.5) is 4.39 Å². The van der Waals surface area contributed by atoms with Gasteiger partial charge < -0.3 is 10.5 Å². The molecule has 0 aliphatic rings. The van der Waals surface area contributed by atoms with Gasteiger partial charge >= 0.3 is 5.97 Å². The van der Waals surface area contributed by atoms with Crippen LogP contribution < -0.4 is 5.73 Å². The number of esters is 1. The Morgan fingerprint density at radius 2 is 2.07 bits per heavy atom. The molecule has 1 atom stereocenters. The van der Waals surface area contributed by atoms with Crippen LogP contribution in [0.25, 0.3) is 0 Å². The first-order valence-corrected chi connectivity index (χ1v) is 4.21. The minimum atomic E-state index is -0.442. The Labute approximate surface area is 81.7 Å². The molecule has 3 nitrogen and oxygen atoms in total. The fraction of sp³-hybridized carbons (Fsp3) is 0.300. The first-order valence-electron chi connectivity index (χ1n) is 4.21. The van der Waals surface area contributed by atoms with E-state index in [-0.39, 0.29) is 18.2 Å². The maximum atomic E-state index is 12.5. The standard InChI is InChI=1S/C10H12FNO2/c1-14-10(13)6-9(12)7-2-4-8(11)5-3-7/h2-5,9H,6,12H2,1H3. The normalized spacial score (nSPS) is 12.2. The zero-order valence-corrected chi connectivity index (χ0v) is 7.87. The molecule has 0 saturated carbocycles. The van der Waals surface area contributed by atoms with E-state index in [1.165, 1.54) is 19.2 Å². The maximum absolute atomic E-state index is 12.5. The highest BCUT2D eigenvalue weighted by Gasteiger charge is 2.11. The number of carbonyl (C=O) groups is 1. The van der Waals surface area contributed by atoms with Crippen LogP contribution in [-0.2, 0) is 9.53 Å². The molecule has 1 aromatic carbocycles. The number of nitrogens with two attached hydrogens (primary N) is 1. The first kappa shape index (κ1) is 10.7. The van der Waals surface area contributed by atoms with Crippen molar-refractivity contribution >= 4 is 5.97 Å². The van der Waals surface area contributed by atoms with Gasteiger partial charge in [-0.3, -0.25) is 4.79 Å². The van der Waals surface area contributed by atoms with E-state index in [1.807, 2.05) is 0 Å². The van der Waals surface area contributed by atoms with Crippen molar-refractivity contribution in [3.63, 3.8) is 0 Å². The molecule has 1 unspecified atom stereocenters. The molecule has 0 aliphatic heterocycles. The van der Waals surface area contributed by atoms with Crippen molar-refractivity contribution in [2.24, 2.45) is 5.73 Å². The number of halogens is 1. The highest BCUT2D eigenvalue weighted by atomic mass is 19.1. The second kappa shape index (κ2) is 4.72. The summed E-state index contributed by atoms with van der Waals surface area (Å²) < 4.78 is 17.0. The molecule has 0 radical (unpaired) electrons. The largest absolute Gasteiger partial charge is 0.469 e. The van der Waals surface area contributed by atoms with Crippen LogP contribution in [0.15, 0.2) is 24.3 Å². The Kier molecular flexibility index (Phi) is 3.59. The molecule has 14 heavy (non-hydrogen) atoms. The summed E-state index contributed by atoms with van der Waals surface area (Å²) in [5.74, 6) is -0.694. The fourth-order valence-electron chi connectivity index (χ4n) is 1.09. The van der Waals surface area contributed by atoms with Crippen molar-refractivity contribution < 1.29 is 13.9 Å². The minimum absolute atomic E-state index is 0.0993. The van der Waals surface area contributed by atoms with E-state index in [4.69, 9.17) is 5.73 Å². The highest BCUT2D eigenvalue weighted by molar-refractivity contribution is 5.70. The number of hydrogen-bond donors (Lipinski definition) is 1. The maximum Gasteiger partial charge on any atom is 0.307 e. The van der Waals surface area contributed by atoms with Crippen molar-refractivity contribution in [3.8, 4) is 0 Å². The molecule has 0 saturated heterocycles. The van der Waals surface area contributed by atoms with E-state index in [9.17, 15) is 9.18 Å². The predicted octanol–water partition coefficient (Wildman–Crippen LogP) is 1.39. The third-order valence-electron chi connectivity index (χ3n) is 1.91. The fourth-order valence-corrected chi connectivity index (χ4v) is 1.09. The Morgan fingerprint density at radius 3 is 2.57 bits per heavy atom. The van der Waals surface area contributed by atoms with Crippen LogP contribution in [0.5, 0.6) is 0 Å². The van der Waals surface area contributed by atoms with E-state index in [0.717, 1.165) is 5.56 Å². The van der Waals surface area contributed by atoms with Gasteiger partial charge in [0.1, 0.15) is 5.82 Å². The van der Waals surface area contributed by atoms with Crippen molar-refractivity contribution in [1.82, 2.24) is 0 Å². The number of benzene rings is 1. The quantitative estimate of drug-likeness (QED) is 0.745. The van der Waals surface area contributed by atoms with E-state index in [0.29, 0.717) is 0 Å². The number of methoxy groups -OCH3 is 1. The van der Waals surface area contributed by atoms with Crippen LogP contribution in [0.3, 0.4) is 0 Å². The minimum Gasteiger partial charge on any atom is -0.469 e. The molecule has 0 amide bonds.